The molecule has 2 atom stereocenters. The number of aromatic nitrogens is 1. The highest BCUT2D eigenvalue weighted by Gasteiger charge is 2.60. The minimum absolute atomic E-state index is 0. The number of carbonyl (C=O) groups excluding carboxylic acids is 2. The van der Waals surface area contributed by atoms with Crippen molar-refractivity contribution in [3.63, 3.8) is 0 Å². The van der Waals surface area contributed by atoms with Gasteiger partial charge in [-0.25, -0.2) is 8.78 Å². The van der Waals surface area contributed by atoms with Crippen molar-refractivity contribution in [2.24, 2.45) is 5.92 Å². The molecule has 1 aliphatic carbocycles. The van der Waals surface area contributed by atoms with E-state index in [0.717, 1.165) is 6.07 Å². The van der Waals surface area contributed by atoms with Gasteiger partial charge in [0, 0.05) is 50.0 Å². The molecule has 2 aliphatic rings. The molecule has 34 heavy (non-hydrogen) atoms. The summed E-state index contributed by atoms with van der Waals surface area (Å²) in [7, 11) is 1.57. The molecule has 0 unspecified atom stereocenters. The van der Waals surface area contributed by atoms with E-state index >= 15 is 0 Å². The molecule has 1 spiro atoms. The summed E-state index contributed by atoms with van der Waals surface area (Å²) in [5, 5.41) is 13.1. The maximum absolute atomic E-state index is 13.9. The first-order valence-corrected chi connectivity index (χ1v) is 10.6. The fourth-order valence-electron chi connectivity index (χ4n) is 4.52. The van der Waals surface area contributed by atoms with Crippen LogP contribution in [0, 0.1) is 17.6 Å². The Hall–Kier alpha value is -2.98. The number of aromatic hydroxyl groups is 1. The molecule has 1 aromatic heterocycles. The van der Waals surface area contributed by atoms with Gasteiger partial charge in [-0.3, -0.25) is 14.4 Å². The van der Waals surface area contributed by atoms with Crippen LogP contribution in [0.4, 0.5) is 8.78 Å². The number of rotatable bonds is 6. The summed E-state index contributed by atoms with van der Waals surface area (Å²) in [5.74, 6) is -3.68. The van der Waals surface area contributed by atoms with Gasteiger partial charge in [0.05, 0.1) is 12.1 Å². The molecule has 2 amide bonds. The first kappa shape index (κ1) is 25.6. The minimum atomic E-state index is -0.989. The molecular formula is C23H26ClF2N3O5. The number of benzene rings is 1. The first-order valence-electron chi connectivity index (χ1n) is 10.6. The van der Waals surface area contributed by atoms with E-state index in [1.807, 2.05) is 13.8 Å². The number of pyridine rings is 1. The topological polar surface area (TPSA) is 101 Å². The van der Waals surface area contributed by atoms with Gasteiger partial charge in [0.2, 0.25) is 5.43 Å². The molecule has 0 radical (unpaired) electrons. The average molecular weight is 498 g/mol. The summed E-state index contributed by atoms with van der Waals surface area (Å²) in [4.78, 5) is 40.3. The maximum atomic E-state index is 13.9. The summed E-state index contributed by atoms with van der Waals surface area (Å²) in [6.45, 7) is 4.18. The van der Waals surface area contributed by atoms with Crippen LogP contribution in [0.25, 0.3) is 0 Å². The van der Waals surface area contributed by atoms with E-state index in [4.69, 9.17) is 4.74 Å². The summed E-state index contributed by atoms with van der Waals surface area (Å²) in [6.07, 6.45) is 1.94. The molecule has 0 bridgehead atoms. The first-order chi connectivity index (χ1) is 15.6. The van der Waals surface area contributed by atoms with Crippen LogP contribution >= 0.6 is 12.4 Å². The third-order valence-electron chi connectivity index (χ3n) is 6.46. The number of nitrogens with one attached hydrogen (secondary N) is 1. The van der Waals surface area contributed by atoms with Crippen LogP contribution in [0.5, 0.6) is 5.75 Å². The number of ether oxygens (including phenoxy) is 1. The molecule has 1 aliphatic heterocycles. The van der Waals surface area contributed by atoms with Crippen molar-refractivity contribution in [2.75, 3.05) is 20.3 Å². The van der Waals surface area contributed by atoms with Crippen LogP contribution in [-0.4, -0.2) is 52.7 Å². The molecule has 4 rings (SSSR count). The molecule has 11 heteroatoms. The number of amides is 2. The van der Waals surface area contributed by atoms with E-state index in [1.54, 1.807) is 12.0 Å². The Kier molecular flexibility index (Phi) is 7.05. The lowest BCUT2D eigenvalue weighted by molar-refractivity contribution is 0.0543. The number of carbonyl (C=O) groups is 2. The zero-order valence-corrected chi connectivity index (χ0v) is 19.7. The molecule has 1 fully saturated rings. The number of hydrogen-bond donors (Lipinski definition) is 2. The van der Waals surface area contributed by atoms with Crippen LogP contribution in [0.1, 0.15) is 46.7 Å². The van der Waals surface area contributed by atoms with E-state index in [-0.39, 0.29) is 47.7 Å². The monoisotopic (exact) mass is 497 g/mol. The minimum Gasteiger partial charge on any atom is -0.503 e. The van der Waals surface area contributed by atoms with Gasteiger partial charge in [-0.1, -0.05) is 6.07 Å². The Bertz CT molecular complexity index is 1200. The Balaban J connectivity index is 0.00000324. The van der Waals surface area contributed by atoms with Crippen molar-refractivity contribution in [2.45, 2.75) is 38.4 Å². The second-order valence-corrected chi connectivity index (χ2v) is 8.84. The molecule has 8 nitrogen and oxygen atoms in total. The highest BCUT2D eigenvalue weighted by Crippen LogP contribution is 2.54. The molecule has 2 N–H and O–H groups in total. The van der Waals surface area contributed by atoms with Gasteiger partial charge in [0.1, 0.15) is 17.2 Å². The summed E-state index contributed by atoms with van der Waals surface area (Å²) in [5.41, 5.74) is -2.08. The standard InChI is InChI=1S/C23H25F2N3O5.ClH/c1-12(2)27-11-23(7-14(23)10-33-3)28-9-16(19(29)20(30)18(28)22(27)32)21(31)26-8-13-4-5-15(24)6-17(13)25;/h4-6,9,12,14,30H,7-8,10-11H2,1-3H3,(H,26,31);1H/t14-,23-;/m1./s1. The van der Waals surface area contributed by atoms with E-state index in [2.05, 4.69) is 5.32 Å². The van der Waals surface area contributed by atoms with Gasteiger partial charge < -0.3 is 24.6 Å². The van der Waals surface area contributed by atoms with Crippen LogP contribution in [0.2, 0.25) is 0 Å². The Morgan fingerprint density at radius 1 is 1.32 bits per heavy atom. The number of fused-ring (bicyclic) bond motifs is 2. The number of nitrogens with zero attached hydrogens (tertiary/aromatic N) is 2. The Morgan fingerprint density at radius 2 is 2.03 bits per heavy atom. The highest BCUT2D eigenvalue weighted by molar-refractivity contribution is 5.99. The number of methoxy groups -OCH3 is 1. The molecule has 1 aromatic carbocycles. The van der Waals surface area contributed by atoms with Crippen molar-refractivity contribution in [3.05, 3.63) is 63.1 Å². The summed E-state index contributed by atoms with van der Waals surface area (Å²) >= 11 is 0. The normalized spacial score (nSPS) is 20.8. The van der Waals surface area contributed by atoms with Gasteiger partial charge in [-0.15, -0.1) is 12.4 Å². The van der Waals surface area contributed by atoms with Crippen LogP contribution in [0.3, 0.4) is 0 Å². The summed E-state index contributed by atoms with van der Waals surface area (Å²) < 4.78 is 33.8. The lowest BCUT2D eigenvalue weighted by Gasteiger charge is -2.39. The highest BCUT2D eigenvalue weighted by atomic mass is 35.5. The fraction of sp³-hybridized carbons (Fsp3) is 0.435. The second kappa shape index (κ2) is 9.34. The van der Waals surface area contributed by atoms with E-state index in [9.17, 15) is 28.3 Å². The smallest absolute Gasteiger partial charge is 0.274 e. The van der Waals surface area contributed by atoms with Crippen LogP contribution in [0.15, 0.2) is 29.2 Å². The van der Waals surface area contributed by atoms with Crippen molar-refractivity contribution in [1.29, 1.82) is 0 Å². The zero-order valence-electron chi connectivity index (χ0n) is 18.9. The number of halogens is 3. The third-order valence-corrected chi connectivity index (χ3v) is 6.46. The van der Waals surface area contributed by atoms with Gasteiger partial charge in [0.25, 0.3) is 11.8 Å². The predicted octanol–water partition coefficient (Wildman–Crippen LogP) is 2.41. The lowest BCUT2D eigenvalue weighted by atomic mass is 10.0. The van der Waals surface area contributed by atoms with Crippen LogP contribution in [-0.2, 0) is 16.8 Å². The van der Waals surface area contributed by atoms with E-state index in [1.165, 1.54) is 16.8 Å². The second-order valence-electron chi connectivity index (χ2n) is 8.84. The Morgan fingerprint density at radius 3 is 2.65 bits per heavy atom. The van der Waals surface area contributed by atoms with Crippen molar-refractivity contribution in [3.8, 4) is 5.75 Å². The van der Waals surface area contributed by atoms with E-state index in [0.29, 0.717) is 25.6 Å². The van der Waals surface area contributed by atoms with Crippen molar-refractivity contribution < 1.29 is 28.2 Å². The SMILES string of the molecule is COC[C@H]1C[C@@]12CN(C(C)C)C(=O)c1c(O)c(=O)c(C(=O)NCc3ccc(F)cc3F)cn12.Cl. The largest absolute Gasteiger partial charge is 0.503 e. The molecule has 2 heterocycles. The summed E-state index contributed by atoms with van der Waals surface area (Å²) in [6, 6.07) is 2.79. The van der Waals surface area contributed by atoms with Crippen LogP contribution < -0.4 is 10.7 Å². The average Bonchev–Trinajstić information content (AvgIpc) is 3.44. The van der Waals surface area contributed by atoms with Crippen molar-refractivity contribution >= 4 is 24.2 Å². The van der Waals surface area contributed by atoms with E-state index < -0.39 is 40.2 Å². The maximum Gasteiger partial charge on any atom is 0.274 e. The molecule has 0 saturated heterocycles. The number of hydrogen-bond acceptors (Lipinski definition) is 5. The van der Waals surface area contributed by atoms with Gasteiger partial charge in [0.15, 0.2) is 11.4 Å². The van der Waals surface area contributed by atoms with Gasteiger partial charge in [-0.05, 0) is 26.3 Å². The van der Waals surface area contributed by atoms with Gasteiger partial charge in [-0.2, -0.15) is 0 Å². The third kappa shape index (κ3) is 4.16. The molecule has 1 saturated carbocycles. The fourth-order valence-corrected chi connectivity index (χ4v) is 4.52. The van der Waals surface area contributed by atoms with Gasteiger partial charge >= 0.3 is 0 Å². The quantitative estimate of drug-likeness (QED) is 0.638. The molecular weight excluding hydrogens is 472 g/mol. The zero-order chi connectivity index (χ0) is 24.1. The molecule has 2 aromatic rings. The lowest BCUT2D eigenvalue weighted by Crippen LogP contribution is -2.52. The molecule has 184 valence electrons. The predicted molar refractivity (Wildman–Crippen MR) is 121 cm³/mol. The Labute approximate surface area is 200 Å². The van der Waals surface area contributed by atoms with Crippen molar-refractivity contribution in [1.82, 2.24) is 14.8 Å².